The molecule has 2 heteroatoms. The zero-order valence-electron chi connectivity index (χ0n) is 19.0. The molecule has 0 N–H and O–H groups in total. The largest absolute Gasteiger partial charge is 0.113 e. The van der Waals surface area contributed by atoms with Gasteiger partial charge in [0, 0.05) is 0 Å². The summed E-state index contributed by atoms with van der Waals surface area (Å²) in [5.41, 5.74) is 1.24. The van der Waals surface area contributed by atoms with Crippen molar-refractivity contribution in [2.75, 3.05) is 12.3 Å². The van der Waals surface area contributed by atoms with E-state index in [0.717, 1.165) is 0 Å². The van der Waals surface area contributed by atoms with Gasteiger partial charge in [0.15, 0.2) is 0 Å². The van der Waals surface area contributed by atoms with Crippen LogP contribution in [0, 0.1) is 0 Å². The highest BCUT2D eigenvalue weighted by atomic mass is 31.2. The molecule has 1 fully saturated rings. The average molecular weight is 455 g/mol. The standard InChI is InChI=1S/C30H32P2/c1-25-26(2)32(29-19-11-5-12-20-29,30-21-13-6-14-22-30)24-23-31(25,27-15-7-3-8-16-27)28-17-9-4-10-18-28/h3-22,25-26H,23-24H2,1-2H3/q+2. The Morgan fingerprint density at radius 1 is 0.406 bits per heavy atom. The smallest absolute Gasteiger partial charge is 0.0620 e. The van der Waals surface area contributed by atoms with E-state index in [2.05, 4.69) is 135 Å². The molecule has 0 aliphatic carbocycles. The fourth-order valence-corrected chi connectivity index (χ4v) is 18.5. The lowest BCUT2D eigenvalue weighted by Gasteiger charge is -2.46. The normalized spacial score (nSPS) is 21.7. The van der Waals surface area contributed by atoms with E-state index in [0.29, 0.717) is 11.3 Å². The van der Waals surface area contributed by atoms with Gasteiger partial charge in [-0.2, -0.15) is 0 Å². The van der Waals surface area contributed by atoms with Gasteiger partial charge in [0.05, 0.1) is 35.7 Å². The predicted octanol–water partition coefficient (Wildman–Crippen LogP) is 6.11. The first-order valence-electron chi connectivity index (χ1n) is 11.7. The predicted molar refractivity (Wildman–Crippen MR) is 147 cm³/mol. The number of hydrogen-bond donors (Lipinski definition) is 0. The first-order valence-corrected chi connectivity index (χ1v) is 15.8. The van der Waals surface area contributed by atoms with Gasteiger partial charge in [0.25, 0.3) is 0 Å². The zero-order valence-corrected chi connectivity index (χ0v) is 20.8. The van der Waals surface area contributed by atoms with E-state index in [1.54, 1.807) is 21.2 Å². The van der Waals surface area contributed by atoms with Gasteiger partial charge >= 0.3 is 0 Å². The van der Waals surface area contributed by atoms with E-state index in [9.17, 15) is 0 Å². The van der Waals surface area contributed by atoms with Crippen molar-refractivity contribution in [1.29, 1.82) is 0 Å². The molecule has 0 bridgehead atoms. The molecular weight excluding hydrogens is 422 g/mol. The third-order valence-electron chi connectivity index (χ3n) is 7.76. The quantitative estimate of drug-likeness (QED) is 0.326. The fraction of sp³-hybridized carbons (Fsp3) is 0.200. The fourth-order valence-electron chi connectivity index (χ4n) is 5.99. The summed E-state index contributed by atoms with van der Waals surface area (Å²) in [5, 5.41) is 6.29. The van der Waals surface area contributed by atoms with E-state index in [-0.39, 0.29) is 0 Å². The molecule has 2 atom stereocenters. The van der Waals surface area contributed by atoms with Crippen molar-refractivity contribution < 1.29 is 0 Å². The second kappa shape index (κ2) is 8.94. The van der Waals surface area contributed by atoms with Crippen LogP contribution in [-0.2, 0) is 0 Å². The van der Waals surface area contributed by atoms with Gasteiger partial charge in [0.1, 0.15) is 23.6 Å². The lowest BCUT2D eigenvalue weighted by atomic mass is 10.3. The first-order chi connectivity index (χ1) is 15.7. The Hall–Kier alpha value is -2.26. The zero-order chi connectivity index (χ0) is 22.0. The average Bonchev–Trinajstić information content (AvgIpc) is 2.88. The van der Waals surface area contributed by atoms with Crippen LogP contribution in [0.5, 0.6) is 0 Å². The molecule has 5 rings (SSSR count). The lowest BCUT2D eigenvalue weighted by Crippen LogP contribution is -2.49. The van der Waals surface area contributed by atoms with Crippen molar-refractivity contribution in [3.05, 3.63) is 121 Å². The molecular formula is C30H32P2+2. The molecule has 0 amide bonds. The Morgan fingerprint density at radius 2 is 0.625 bits per heavy atom. The number of hydrogen-bond acceptors (Lipinski definition) is 0. The molecule has 0 spiro atoms. The Morgan fingerprint density at radius 3 is 0.844 bits per heavy atom. The van der Waals surface area contributed by atoms with Crippen LogP contribution in [0.15, 0.2) is 121 Å². The highest BCUT2D eigenvalue weighted by molar-refractivity contribution is 7.96. The molecule has 160 valence electrons. The van der Waals surface area contributed by atoms with Crippen molar-refractivity contribution in [2.24, 2.45) is 0 Å². The molecule has 0 saturated carbocycles. The van der Waals surface area contributed by atoms with E-state index >= 15 is 0 Å². The Labute approximate surface area is 194 Å². The summed E-state index contributed by atoms with van der Waals surface area (Å²) in [6.07, 6.45) is 2.56. The van der Waals surface area contributed by atoms with Crippen molar-refractivity contribution in [2.45, 2.75) is 25.2 Å². The molecule has 0 nitrogen and oxygen atoms in total. The highest BCUT2D eigenvalue weighted by Gasteiger charge is 2.65. The second-order valence-corrected chi connectivity index (χ2v) is 17.1. The molecule has 0 aromatic heterocycles. The van der Waals surface area contributed by atoms with Gasteiger partial charge in [-0.1, -0.05) is 72.8 Å². The van der Waals surface area contributed by atoms with Crippen LogP contribution < -0.4 is 21.2 Å². The van der Waals surface area contributed by atoms with Gasteiger partial charge in [-0.15, -0.1) is 0 Å². The van der Waals surface area contributed by atoms with Gasteiger partial charge < -0.3 is 0 Å². The van der Waals surface area contributed by atoms with Crippen molar-refractivity contribution in [1.82, 2.24) is 0 Å². The molecule has 2 unspecified atom stereocenters. The van der Waals surface area contributed by atoms with E-state index < -0.39 is 14.5 Å². The topological polar surface area (TPSA) is 0 Å². The van der Waals surface area contributed by atoms with Crippen LogP contribution in [0.1, 0.15) is 13.8 Å². The summed E-state index contributed by atoms with van der Waals surface area (Å²) in [5.74, 6) is 0. The molecule has 32 heavy (non-hydrogen) atoms. The van der Waals surface area contributed by atoms with Crippen LogP contribution in [-0.4, -0.2) is 23.6 Å². The first kappa shape index (κ1) is 21.6. The Balaban J connectivity index is 1.71. The SMILES string of the molecule is CC1C(C)[P+](c2ccccc2)(c2ccccc2)CC[P+]1(c1ccccc1)c1ccccc1. The van der Waals surface area contributed by atoms with Crippen LogP contribution >= 0.6 is 14.5 Å². The molecule has 1 saturated heterocycles. The third-order valence-corrected chi connectivity index (χ3v) is 18.8. The maximum absolute atomic E-state index is 2.57. The second-order valence-electron chi connectivity index (χ2n) is 9.01. The molecule has 0 radical (unpaired) electrons. The van der Waals surface area contributed by atoms with Gasteiger partial charge in [-0.3, -0.25) is 0 Å². The molecule has 1 aliphatic heterocycles. The van der Waals surface area contributed by atoms with Crippen LogP contribution in [0.3, 0.4) is 0 Å². The minimum absolute atomic E-state index is 0.620. The number of rotatable bonds is 4. The van der Waals surface area contributed by atoms with E-state index in [1.807, 2.05) is 0 Å². The summed E-state index contributed by atoms with van der Waals surface area (Å²) in [6.45, 7) is 5.14. The monoisotopic (exact) mass is 454 g/mol. The van der Waals surface area contributed by atoms with Gasteiger partial charge in [-0.25, -0.2) is 0 Å². The molecule has 4 aromatic rings. The highest BCUT2D eigenvalue weighted by Crippen LogP contribution is 2.76. The summed E-state index contributed by atoms with van der Waals surface area (Å²) in [4.78, 5) is 0. The van der Waals surface area contributed by atoms with E-state index in [4.69, 9.17) is 0 Å². The summed E-state index contributed by atoms with van der Waals surface area (Å²) in [7, 11) is -3.07. The Kier molecular flexibility index (Phi) is 6.03. The van der Waals surface area contributed by atoms with Crippen molar-refractivity contribution in [3.8, 4) is 0 Å². The van der Waals surface area contributed by atoms with Gasteiger partial charge in [0.2, 0.25) is 0 Å². The van der Waals surface area contributed by atoms with Crippen LogP contribution in [0.2, 0.25) is 0 Å². The van der Waals surface area contributed by atoms with Crippen molar-refractivity contribution in [3.63, 3.8) is 0 Å². The maximum Gasteiger partial charge on any atom is 0.113 e. The minimum Gasteiger partial charge on any atom is -0.0620 e. The summed E-state index contributed by atoms with van der Waals surface area (Å²) in [6, 6.07) is 45.8. The Bertz CT molecular complexity index is 967. The minimum atomic E-state index is -1.54. The van der Waals surface area contributed by atoms with Crippen LogP contribution in [0.4, 0.5) is 0 Å². The maximum atomic E-state index is 2.57. The van der Waals surface area contributed by atoms with Gasteiger partial charge in [-0.05, 0) is 62.4 Å². The van der Waals surface area contributed by atoms with E-state index in [1.165, 1.54) is 12.3 Å². The molecule has 1 aliphatic rings. The third kappa shape index (κ3) is 3.37. The van der Waals surface area contributed by atoms with Crippen molar-refractivity contribution >= 4 is 35.7 Å². The molecule has 4 aromatic carbocycles. The summed E-state index contributed by atoms with van der Waals surface area (Å²) < 4.78 is 0. The van der Waals surface area contributed by atoms with Crippen LogP contribution in [0.25, 0.3) is 0 Å². The number of benzene rings is 4. The lowest BCUT2D eigenvalue weighted by molar-refractivity contribution is 0.875. The molecule has 1 heterocycles. The summed E-state index contributed by atoms with van der Waals surface area (Å²) >= 11 is 0.